The molecule has 0 aliphatic carbocycles. The lowest BCUT2D eigenvalue weighted by Crippen LogP contribution is -2.31. The summed E-state index contributed by atoms with van der Waals surface area (Å²) in [5.74, 6) is 0.244. The first-order valence-corrected chi connectivity index (χ1v) is 7.80. The van der Waals surface area contributed by atoms with Crippen LogP contribution in [0.25, 0.3) is 0 Å². The van der Waals surface area contributed by atoms with Crippen molar-refractivity contribution < 1.29 is 14.8 Å². The fraction of sp³-hybridized carbons (Fsp3) is 0.235. The van der Waals surface area contributed by atoms with E-state index in [1.807, 2.05) is 24.3 Å². The van der Waals surface area contributed by atoms with Crippen molar-refractivity contribution in [1.29, 1.82) is 0 Å². The normalized spacial score (nSPS) is 10.7. The smallest absolute Gasteiger partial charge is 0.423 e. The topological polar surface area (TPSA) is 69.6 Å². The summed E-state index contributed by atoms with van der Waals surface area (Å²) >= 11 is 5.86. The molecule has 0 aliphatic heterocycles. The molecule has 0 bridgehead atoms. The Kier molecular flexibility index (Phi) is 5.83. The molecule has 2 rings (SSSR count). The van der Waals surface area contributed by atoms with Gasteiger partial charge in [-0.2, -0.15) is 0 Å². The molecule has 0 unspecified atom stereocenters. The Bertz CT molecular complexity index is 687. The summed E-state index contributed by atoms with van der Waals surface area (Å²) in [6.07, 6.45) is 0.989. The minimum absolute atomic E-state index is 0.103. The van der Waals surface area contributed by atoms with Crippen molar-refractivity contribution in [2.45, 2.75) is 20.3 Å². The Morgan fingerprint density at radius 3 is 2.39 bits per heavy atom. The number of benzene rings is 2. The minimum atomic E-state index is -1.72. The van der Waals surface area contributed by atoms with Gasteiger partial charge < -0.3 is 15.4 Å². The maximum Gasteiger partial charge on any atom is 0.489 e. The average molecular weight is 332 g/mol. The van der Waals surface area contributed by atoms with Crippen molar-refractivity contribution in [2.75, 3.05) is 5.32 Å². The van der Waals surface area contributed by atoms with Gasteiger partial charge in [-0.15, -0.1) is 0 Å². The zero-order chi connectivity index (χ0) is 17.0. The zero-order valence-electron chi connectivity index (χ0n) is 13.1. The van der Waals surface area contributed by atoms with Gasteiger partial charge >= 0.3 is 7.12 Å². The Balaban J connectivity index is 2.11. The molecule has 2 aromatic rings. The van der Waals surface area contributed by atoms with Gasteiger partial charge in [0.15, 0.2) is 0 Å². The van der Waals surface area contributed by atoms with Crippen LogP contribution in [-0.4, -0.2) is 23.1 Å². The highest BCUT2D eigenvalue weighted by Crippen LogP contribution is 2.15. The molecule has 3 N–H and O–H groups in total. The largest absolute Gasteiger partial charge is 0.489 e. The standard InChI is InChI=1S/C17H19BClNO3/c1-11(2)9-12-3-6-14(7-4-12)20-17(21)13-5-8-16(19)15(10-13)18(22)23/h3-8,10-11,22-23H,9H2,1-2H3,(H,20,21). The van der Waals surface area contributed by atoms with E-state index in [4.69, 9.17) is 11.6 Å². The van der Waals surface area contributed by atoms with Crippen LogP contribution < -0.4 is 10.8 Å². The summed E-state index contributed by atoms with van der Waals surface area (Å²) in [7, 11) is -1.72. The fourth-order valence-corrected chi connectivity index (χ4v) is 2.50. The van der Waals surface area contributed by atoms with Crippen LogP contribution in [0.2, 0.25) is 5.02 Å². The van der Waals surface area contributed by atoms with E-state index in [1.54, 1.807) is 0 Å². The highest BCUT2D eigenvalue weighted by molar-refractivity contribution is 6.62. The molecule has 120 valence electrons. The molecule has 0 saturated carbocycles. The van der Waals surface area contributed by atoms with Crippen molar-refractivity contribution in [3.05, 3.63) is 58.6 Å². The number of rotatable bonds is 5. The van der Waals surface area contributed by atoms with Crippen molar-refractivity contribution in [2.24, 2.45) is 5.92 Å². The van der Waals surface area contributed by atoms with Crippen LogP contribution in [0.3, 0.4) is 0 Å². The molecule has 0 fully saturated rings. The highest BCUT2D eigenvalue weighted by atomic mass is 35.5. The molecule has 0 heterocycles. The number of amides is 1. The van der Waals surface area contributed by atoms with Gasteiger partial charge in [-0.25, -0.2) is 0 Å². The summed E-state index contributed by atoms with van der Waals surface area (Å²) in [4.78, 5) is 12.2. The quantitative estimate of drug-likeness (QED) is 0.737. The average Bonchev–Trinajstić information content (AvgIpc) is 2.48. The van der Waals surface area contributed by atoms with E-state index in [1.165, 1.54) is 23.8 Å². The first kappa shape index (κ1) is 17.5. The molecule has 2 aromatic carbocycles. The zero-order valence-corrected chi connectivity index (χ0v) is 13.8. The molecule has 0 saturated heterocycles. The second-order valence-electron chi connectivity index (χ2n) is 5.86. The van der Waals surface area contributed by atoms with E-state index < -0.39 is 7.12 Å². The van der Waals surface area contributed by atoms with Crippen molar-refractivity contribution >= 4 is 35.8 Å². The van der Waals surface area contributed by atoms with E-state index in [0.717, 1.165) is 6.42 Å². The number of carbonyl (C=O) groups is 1. The van der Waals surface area contributed by atoms with E-state index >= 15 is 0 Å². The van der Waals surface area contributed by atoms with Crippen LogP contribution in [0.5, 0.6) is 0 Å². The van der Waals surface area contributed by atoms with Gasteiger partial charge in [0.1, 0.15) is 0 Å². The molecule has 6 heteroatoms. The second-order valence-corrected chi connectivity index (χ2v) is 6.27. The van der Waals surface area contributed by atoms with Crippen LogP contribution in [0.1, 0.15) is 29.8 Å². The third-order valence-electron chi connectivity index (χ3n) is 3.39. The highest BCUT2D eigenvalue weighted by Gasteiger charge is 2.17. The monoisotopic (exact) mass is 331 g/mol. The van der Waals surface area contributed by atoms with Gasteiger partial charge in [-0.3, -0.25) is 4.79 Å². The van der Waals surface area contributed by atoms with Crippen molar-refractivity contribution in [1.82, 2.24) is 0 Å². The van der Waals surface area contributed by atoms with E-state index in [9.17, 15) is 14.8 Å². The molecule has 0 atom stereocenters. The predicted octanol–water partition coefficient (Wildman–Crippen LogP) is 2.47. The lowest BCUT2D eigenvalue weighted by Gasteiger charge is -2.09. The minimum Gasteiger partial charge on any atom is -0.423 e. The number of carbonyl (C=O) groups excluding carboxylic acids is 1. The predicted molar refractivity (Wildman–Crippen MR) is 94.2 cm³/mol. The summed E-state index contributed by atoms with van der Waals surface area (Å²) in [6, 6.07) is 12.1. The van der Waals surface area contributed by atoms with Crippen LogP contribution in [0, 0.1) is 5.92 Å². The Morgan fingerprint density at radius 2 is 1.83 bits per heavy atom. The maximum absolute atomic E-state index is 12.2. The number of hydrogen-bond acceptors (Lipinski definition) is 3. The second kappa shape index (κ2) is 7.64. The number of halogens is 1. The molecule has 0 spiro atoms. The molecule has 23 heavy (non-hydrogen) atoms. The Labute approximate surface area is 141 Å². The van der Waals surface area contributed by atoms with Crippen molar-refractivity contribution in [3.63, 3.8) is 0 Å². The number of anilines is 1. The molecule has 0 radical (unpaired) electrons. The third-order valence-corrected chi connectivity index (χ3v) is 3.74. The fourth-order valence-electron chi connectivity index (χ4n) is 2.28. The summed E-state index contributed by atoms with van der Waals surface area (Å²) in [5, 5.41) is 21.5. The summed E-state index contributed by atoms with van der Waals surface area (Å²) in [5.41, 5.74) is 2.31. The molecular weight excluding hydrogens is 312 g/mol. The van der Waals surface area contributed by atoms with Crippen molar-refractivity contribution in [3.8, 4) is 0 Å². The SMILES string of the molecule is CC(C)Cc1ccc(NC(=O)c2ccc(Cl)c(B(O)O)c2)cc1. The number of nitrogens with one attached hydrogen (secondary N) is 1. The molecule has 0 aliphatic rings. The Morgan fingerprint density at radius 1 is 1.17 bits per heavy atom. The van der Waals surface area contributed by atoms with Gasteiger partial charge in [0.05, 0.1) is 0 Å². The van der Waals surface area contributed by atoms with E-state index in [0.29, 0.717) is 17.2 Å². The van der Waals surface area contributed by atoms with Gasteiger partial charge in [0.2, 0.25) is 0 Å². The first-order chi connectivity index (χ1) is 10.9. The van der Waals surface area contributed by atoms with Gasteiger partial charge in [0, 0.05) is 21.7 Å². The molecule has 0 aromatic heterocycles. The van der Waals surface area contributed by atoms with E-state index in [-0.39, 0.29) is 16.4 Å². The number of hydrogen-bond donors (Lipinski definition) is 3. The van der Waals surface area contributed by atoms with E-state index in [2.05, 4.69) is 19.2 Å². The lowest BCUT2D eigenvalue weighted by molar-refractivity contribution is 0.102. The van der Waals surface area contributed by atoms with Crippen LogP contribution in [0.4, 0.5) is 5.69 Å². The van der Waals surface area contributed by atoms with Crippen LogP contribution >= 0.6 is 11.6 Å². The Hall–Kier alpha value is -1.82. The molecular formula is C17H19BClNO3. The molecule has 1 amide bonds. The van der Waals surface area contributed by atoms with Crippen LogP contribution in [0.15, 0.2) is 42.5 Å². The third kappa shape index (κ3) is 4.83. The van der Waals surface area contributed by atoms with Gasteiger partial charge in [-0.1, -0.05) is 37.6 Å². The maximum atomic E-state index is 12.2. The van der Waals surface area contributed by atoms with Gasteiger partial charge in [-0.05, 0) is 48.2 Å². The molecule has 4 nitrogen and oxygen atoms in total. The van der Waals surface area contributed by atoms with Crippen LogP contribution in [-0.2, 0) is 6.42 Å². The summed E-state index contributed by atoms with van der Waals surface area (Å²) < 4.78 is 0. The summed E-state index contributed by atoms with van der Waals surface area (Å²) in [6.45, 7) is 4.31. The lowest BCUT2D eigenvalue weighted by atomic mass is 9.79. The first-order valence-electron chi connectivity index (χ1n) is 7.42. The van der Waals surface area contributed by atoms with Gasteiger partial charge in [0.25, 0.3) is 5.91 Å².